The van der Waals surface area contributed by atoms with Crippen molar-refractivity contribution in [3.8, 4) is 100 Å². The van der Waals surface area contributed by atoms with E-state index in [0.29, 0.717) is 17.5 Å². The lowest BCUT2D eigenvalue weighted by Gasteiger charge is -2.14. The molecule has 3 heterocycles. The molecule has 0 saturated carbocycles. The summed E-state index contributed by atoms with van der Waals surface area (Å²) in [5, 5.41) is 2.31. The summed E-state index contributed by atoms with van der Waals surface area (Å²) in [6.07, 6.45) is 0. The van der Waals surface area contributed by atoms with Gasteiger partial charge in [0.1, 0.15) is 0 Å². The van der Waals surface area contributed by atoms with Crippen LogP contribution < -0.4 is 0 Å². The predicted molar refractivity (Wildman–Crippen MR) is 279 cm³/mol. The monoisotopic (exact) mass is 872 g/mol. The van der Waals surface area contributed by atoms with Crippen molar-refractivity contribution in [2.45, 2.75) is 0 Å². The molecular formula is C62H40N4S. The molecule has 4 nitrogen and oxygen atoms in total. The molecule has 0 aliphatic rings. The molecule has 12 rings (SSSR count). The molecule has 5 heteroatoms. The van der Waals surface area contributed by atoms with Gasteiger partial charge in [-0.1, -0.05) is 218 Å². The standard InChI is InChI=1S/C62H40N4S/c1-6-18-41(19-7-1)50-38-51(42-20-8-2-9-21-42)40-52(39-50)58-55(56-57(46-22-10-3-11-23-46)63-54-29-17-16-28-53(54)59(56)67-58)45-34-30-43(31-35-45)44-32-36-49(37-33-44)62-65-60(47-24-12-4-13-25-47)64-61(66-62)48-26-14-5-15-27-48/h1-40H. The van der Waals surface area contributed by atoms with Crippen molar-refractivity contribution in [3.63, 3.8) is 0 Å². The fourth-order valence-corrected chi connectivity index (χ4v) is 10.3. The van der Waals surface area contributed by atoms with E-state index in [0.717, 1.165) is 60.9 Å². The van der Waals surface area contributed by atoms with Gasteiger partial charge >= 0.3 is 0 Å². The lowest BCUT2D eigenvalue weighted by atomic mass is 9.91. The van der Waals surface area contributed by atoms with E-state index in [1.165, 1.54) is 43.0 Å². The van der Waals surface area contributed by atoms with Crippen LogP contribution in [0, 0.1) is 0 Å². The maximum Gasteiger partial charge on any atom is 0.164 e. The molecule has 0 bridgehead atoms. The Morgan fingerprint density at radius 1 is 0.269 bits per heavy atom. The zero-order valence-corrected chi connectivity index (χ0v) is 37.1. The molecule has 0 radical (unpaired) electrons. The van der Waals surface area contributed by atoms with Crippen LogP contribution >= 0.6 is 11.3 Å². The van der Waals surface area contributed by atoms with E-state index in [9.17, 15) is 0 Å². The topological polar surface area (TPSA) is 51.6 Å². The van der Waals surface area contributed by atoms with Crippen molar-refractivity contribution in [1.29, 1.82) is 0 Å². The Morgan fingerprint density at radius 3 is 1.12 bits per heavy atom. The predicted octanol–water partition coefficient (Wildman–Crippen LogP) is 16.6. The lowest BCUT2D eigenvalue weighted by Crippen LogP contribution is -2.00. The summed E-state index contributed by atoms with van der Waals surface area (Å²) in [6.45, 7) is 0. The minimum Gasteiger partial charge on any atom is -0.247 e. The van der Waals surface area contributed by atoms with Gasteiger partial charge in [0.15, 0.2) is 17.5 Å². The lowest BCUT2D eigenvalue weighted by molar-refractivity contribution is 1.07. The molecule has 0 atom stereocenters. The molecule has 9 aromatic carbocycles. The van der Waals surface area contributed by atoms with Gasteiger partial charge in [-0.15, -0.1) is 11.3 Å². The average molecular weight is 873 g/mol. The van der Waals surface area contributed by atoms with Crippen LogP contribution in [0.4, 0.5) is 0 Å². The molecule has 0 aliphatic carbocycles. The van der Waals surface area contributed by atoms with Crippen LogP contribution in [-0.4, -0.2) is 19.9 Å². The Labute approximate surface area is 393 Å². The van der Waals surface area contributed by atoms with Crippen molar-refractivity contribution in [3.05, 3.63) is 243 Å². The van der Waals surface area contributed by atoms with Gasteiger partial charge in [0.05, 0.1) is 11.2 Å². The molecule has 0 aliphatic heterocycles. The first-order chi connectivity index (χ1) is 33.2. The summed E-state index contributed by atoms with van der Waals surface area (Å²) in [7, 11) is 0. The fraction of sp³-hybridized carbons (Fsp3) is 0. The number of fused-ring (bicyclic) bond motifs is 3. The minimum absolute atomic E-state index is 0.633. The maximum atomic E-state index is 5.43. The smallest absolute Gasteiger partial charge is 0.164 e. The molecule has 0 spiro atoms. The zero-order valence-electron chi connectivity index (χ0n) is 36.3. The van der Waals surface area contributed by atoms with Crippen LogP contribution in [0.25, 0.3) is 121 Å². The van der Waals surface area contributed by atoms with Gasteiger partial charge < -0.3 is 0 Å². The Kier molecular flexibility index (Phi) is 10.4. The van der Waals surface area contributed by atoms with E-state index < -0.39 is 0 Å². The van der Waals surface area contributed by atoms with Crippen LogP contribution in [0.1, 0.15) is 0 Å². The maximum absolute atomic E-state index is 5.43. The highest BCUT2D eigenvalue weighted by Crippen LogP contribution is 2.51. The molecule has 12 aromatic rings. The van der Waals surface area contributed by atoms with Gasteiger partial charge in [-0.3, -0.25) is 0 Å². The zero-order chi connectivity index (χ0) is 44.5. The van der Waals surface area contributed by atoms with Gasteiger partial charge in [-0.25, -0.2) is 19.9 Å². The average Bonchev–Trinajstić information content (AvgIpc) is 3.83. The number of hydrogen-bond acceptors (Lipinski definition) is 5. The minimum atomic E-state index is 0.633. The third-order valence-corrected chi connectivity index (χ3v) is 13.6. The Morgan fingerprint density at radius 2 is 0.627 bits per heavy atom. The van der Waals surface area contributed by atoms with E-state index in [1.807, 2.05) is 72.0 Å². The molecule has 0 saturated heterocycles. The molecule has 0 fully saturated rings. The third kappa shape index (κ3) is 7.78. The van der Waals surface area contributed by atoms with Crippen molar-refractivity contribution >= 4 is 32.3 Å². The second-order valence-corrected chi connectivity index (χ2v) is 17.6. The molecule has 0 amide bonds. The van der Waals surface area contributed by atoms with E-state index >= 15 is 0 Å². The van der Waals surface area contributed by atoms with Crippen LogP contribution in [0.15, 0.2) is 243 Å². The first kappa shape index (κ1) is 39.9. The van der Waals surface area contributed by atoms with Gasteiger partial charge in [-0.2, -0.15) is 0 Å². The van der Waals surface area contributed by atoms with Gasteiger partial charge in [0, 0.05) is 48.2 Å². The number of aromatic nitrogens is 4. The van der Waals surface area contributed by atoms with Gasteiger partial charge in [0.2, 0.25) is 0 Å². The Bertz CT molecular complexity index is 3570. The Balaban J connectivity index is 1.01. The van der Waals surface area contributed by atoms with Crippen LogP contribution in [0.5, 0.6) is 0 Å². The largest absolute Gasteiger partial charge is 0.247 e. The summed E-state index contributed by atoms with van der Waals surface area (Å²) in [5.41, 5.74) is 16.3. The first-order valence-electron chi connectivity index (χ1n) is 22.5. The number of pyridine rings is 1. The van der Waals surface area contributed by atoms with Gasteiger partial charge in [0.25, 0.3) is 0 Å². The second-order valence-electron chi connectivity index (χ2n) is 16.6. The Hall–Kier alpha value is -8.64. The van der Waals surface area contributed by atoms with E-state index in [-0.39, 0.29) is 0 Å². The van der Waals surface area contributed by atoms with Crippen molar-refractivity contribution in [1.82, 2.24) is 19.9 Å². The fourth-order valence-electron chi connectivity index (χ4n) is 9.00. The number of nitrogens with zero attached hydrogens (tertiary/aromatic N) is 4. The summed E-state index contributed by atoms with van der Waals surface area (Å²) >= 11 is 1.86. The van der Waals surface area contributed by atoms with Crippen LogP contribution in [-0.2, 0) is 0 Å². The number of thiophene rings is 1. The van der Waals surface area contributed by atoms with E-state index in [2.05, 4.69) is 182 Å². The number of para-hydroxylation sites is 1. The molecule has 0 N–H and O–H groups in total. The summed E-state index contributed by atoms with van der Waals surface area (Å²) in [4.78, 5) is 21.5. The van der Waals surface area contributed by atoms with Crippen LogP contribution in [0.3, 0.4) is 0 Å². The number of benzene rings is 9. The number of rotatable bonds is 9. The highest BCUT2D eigenvalue weighted by molar-refractivity contribution is 7.24. The summed E-state index contributed by atoms with van der Waals surface area (Å²) in [5.74, 6) is 1.92. The molecular weight excluding hydrogens is 833 g/mol. The van der Waals surface area contributed by atoms with E-state index in [4.69, 9.17) is 19.9 Å². The van der Waals surface area contributed by atoms with Crippen molar-refractivity contribution < 1.29 is 0 Å². The normalized spacial score (nSPS) is 11.3. The SMILES string of the molecule is c1ccc(-c2cc(-c3ccccc3)cc(-c3sc4c(c(-c5ccccc5)nc5ccccc54)c3-c3ccc(-c4ccc(-c5nc(-c6ccccc6)nc(-c6ccccc6)n5)cc4)cc3)c2)cc1. The quantitative estimate of drug-likeness (QED) is 0.145. The van der Waals surface area contributed by atoms with Crippen molar-refractivity contribution in [2.75, 3.05) is 0 Å². The molecule has 3 aromatic heterocycles. The highest BCUT2D eigenvalue weighted by Gasteiger charge is 2.24. The van der Waals surface area contributed by atoms with Crippen LogP contribution in [0.2, 0.25) is 0 Å². The molecule has 0 unspecified atom stereocenters. The molecule has 67 heavy (non-hydrogen) atoms. The van der Waals surface area contributed by atoms with Crippen molar-refractivity contribution in [2.24, 2.45) is 0 Å². The third-order valence-electron chi connectivity index (χ3n) is 12.3. The van der Waals surface area contributed by atoms with Gasteiger partial charge in [-0.05, 0) is 68.8 Å². The summed E-state index contributed by atoms with van der Waals surface area (Å²) in [6, 6.07) is 85.4. The second kappa shape index (κ2) is 17.4. The highest BCUT2D eigenvalue weighted by atomic mass is 32.1. The molecule has 314 valence electrons. The summed E-state index contributed by atoms with van der Waals surface area (Å²) < 4.78 is 1.23. The first-order valence-corrected chi connectivity index (χ1v) is 23.3. The van der Waals surface area contributed by atoms with E-state index in [1.54, 1.807) is 0 Å². The number of hydrogen-bond donors (Lipinski definition) is 0.